The molecule has 0 spiro atoms. The molecule has 0 aliphatic heterocycles. The maximum Gasteiger partial charge on any atom is 0.418 e. The van der Waals surface area contributed by atoms with Crippen LogP contribution in [0.5, 0.6) is 5.75 Å². The van der Waals surface area contributed by atoms with E-state index in [0.29, 0.717) is 11.4 Å². The predicted octanol–water partition coefficient (Wildman–Crippen LogP) is 4.10. The van der Waals surface area contributed by atoms with Gasteiger partial charge in [-0.05, 0) is 35.9 Å². The zero-order valence-electron chi connectivity index (χ0n) is 14.6. The number of carbonyl (C=O) groups excluding carboxylic acids is 1. The molecule has 8 heteroatoms. The van der Waals surface area contributed by atoms with E-state index >= 15 is 0 Å². The zero-order valence-corrected chi connectivity index (χ0v) is 14.6. The fraction of sp³-hybridized carbons (Fsp3) is 0.278. The van der Waals surface area contributed by atoms with Crippen LogP contribution in [0.15, 0.2) is 42.5 Å². The standard InChI is InChI=1S/C18H20F3N3O2/c1-24(2)13-6-9-16(15(10-13)18(19,20)21)23-17(25)22-11-12-4-7-14(26-3)8-5-12/h4-10H,11H2,1-3H3,(H2,22,23,25). The highest BCUT2D eigenvalue weighted by molar-refractivity contribution is 5.90. The van der Waals surface area contributed by atoms with Crippen molar-refractivity contribution in [3.05, 3.63) is 53.6 Å². The van der Waals surface area contributed by atoms with E-state index in [-0.39, 0.29) is 12.2 Å². The van der Waals surface area contributed by atoms with Crippen molar-refractivity contribution in [1.29, 1.82) is 0 Å². The number of hydrogen-bond donors (Lipinski definition) is 2. The van der Waals surface area contributed by atoms with Crippen LogP contribution in [0.1, 0.15) is 11.1 Å². The maximum absolute atomic E-state index is 13.3. The van der Waals surface area contributed by atoms with Gasteiger partial charge in [0, 0.05) is 26.3 Å². The molecular formula is C18H20F3N3O2. The Hall–Kier alpha value is -2.90. The van der Waals surface area contributed by atoms with Crippen molar-refractivity contribution in [1.82, 2.24) is 5.32 Å². The van der Waals surface area contributed by atoms with Gasteiger partial charge in [0.05, 0.1) is 18.4 Å². The molecule has 0 bridgehead atoms. The van der Waals surface area contributed by atoms with Crippen LogP contribution >= 0.6 is 0 Å². The number of hydrogen-bond acceptors (Lipinski definition) is 3. The van der Waals surface area contributed by atoms with Crippen molar-refractivity contribution in [3.8, 4) is 5.75 Å². The molecule has 2 aromatic carbocycles. The normalized spacial score (nSPS) is 11.0. The van der Waals surface area contributed by atoms with Crippen LogP contribution in [0, 0.1) is 0 Å². The molecule has 0 aliphatic rings. The molecule has 5 nitrogen and oxygen atoms in total. The Morgan fingerprint density at radius 3 is 2.31 bits per heavy atom. The fourth-order valence-electron chi connectivity index (χ4n) is 2.25. The Morgan fingerprint density at radius 1 is 1.12 bits per heavy atom. The Morgan fingerprint density at radius 2 is 1.77 bits per heavy atom. The summed E-state index contributed by atoms with van der Waals surface area (Å²) >= 11 is 0. The molecular weight excluding hydrogens is 347 g/mol. The minimum atomic E-state index is -4.58. The second kappa shape index (κ2) is 7.99. The lowest BCUT2D eigenvalue weighted by Gasteiger charge is -2.19. The first-order valence-corrected chi connectivity index (χ1v) is 7.77. The monoisotopic (exact) mass is 367 g/mol. The van der Waals surface area contributed by atoms with Crippen molar-refractivity contribution in [2.24, 2.45) is 0 Å². The highest BCUT2D eigenvalue weighted by atomic mass is 19.4. The number of rotatable bonds is 5. The van der Waals surface area contributed by atoms with Crippen LogP contribution < -0.4 is 20.3 Å². The Bertz CT molecular complexity index is 759. The van der Waals surface area contributed by atoms with Gasteiger partial charge in [0.1, 0.15) is 5.75 Å². The van der Waals surface area contributed by atoms with E-state index in [9.17, 15) is 18.0 Å². The van der Waals surface area contributed by atoms with Crippen molar-refractivity contribution in [2.45, 2.75) is 12.7 Å². The number of urea groups is 1. The van der Waals surface area contributed by atoms with Gasteiger partial charge in [-0.2, -0.15) is 13.2 Å². The lowest BCUT2D eigenvalue weighted by atomic mass is 10.1. The number of benzene rings is 2. The molecule has 26 heavy (non-hydrogen) atoms. The van der Waals surface area contributed by atoms with Crippen LogP contribution in [0.3, 0.4) is 0 Å². The summed E-state index contributed by atoms with van der Waals surface area (Å²) in [6, 6.07) is 10.0. The van der Waals surface area contributed by atoms with Gasteiger partial charge in [0.25, 0.3) is 0 Å². The topological polar surface area (TPSA) is 53.6 Å². The molecule has 140 valence electrons. The Kier molecular flexibility index (Phi) is 5.97. The second-order valence-electron chi connectivity index (χ2n) is 5.78. The van der Waals surface area contributed by atoms with Gasteiger partial charge in [-0.1, -0.05) is 12.1 Å². The third kappa shape index (κ3) is 5.05. The number of halogens is 3. The minimum absolute atomic E-state index is 0.174. The number of methoxy groups -OCH3 is 1. The van der Waals surface area contributed by atoms with Crippen LogP contribution in [0.25, 0.3) is 0 Å². The number of amides is 2. The molecule has 0 saturated heterocycles. The molecule has 0 radical (unpaired) electrons. The van der Waals surface area contributed by atoms with Crippen molar-refractivity contribution in [3.63, 3.8) is 0 Å². The van der Waals surface area contributed by atoms with Gasteiger partial charge < -0.3 is 20.3 Å². The smallest absolute Gasteiger partial charge is 0.418 e. The molecule has 2 aromatic rings. The Labute approximate surface area is 149 Å². The molecule has 0 aliphatic carbocycles. The molecule has 0 aromatic heterocycles. The first-order valence-electron chi connectivity index (χ1n) is 7.77. The molecule has 2 N–H and O–H groups in total. The summed E-state index contributed by atoms with van der Waals surface area (Å²) in [4.78, 5) is 13.5. The molecule has 0 atom stereocenters. The van der Waals surface area contributed by atoms with E-state index in [1.54, 1.807) is 50.4 Å². The van der Waals surface area contributed by atoms with Crippen LogP contribution in [0.2, 0.25) is 0 Å². The van der Waals surface area contributed by atoms with E-state index in [4.69, 9.17) is 4.74 Å². The van der Waals surface area contributed by atoms with Crippen LogP contribution in [-0.2, 0) is 12.7 Å². The quantitative estimate of drug-likeness (QED) is 0.837. The van der Waals surface area contributed by atoms with Crippen molar-refractivity contribution >= 4 is 17.4 Å². The van der Waals surface area contributed by atoms with E-state index in [1.165, 1.54) is 12.1 Å². The molecule has 0 heterocycles. The Balaban J connectivity index is 2.07. The third-order valence-electron chi connectivity index (χ3n) is 3.69. The third-order valence-corrected chi connectivity index (χ3v) is 3.69. The maximum atomic E-state index is 13.3. The first kappa shape index (κ1) is 19.4. The van der Waals surface area contributed by atoms with E-state index in [0.717, 1.165) is 11.6 Å². The average Bonchev–Trinajstić information content (AvgIpc) is 2.59. The summed E-state index contributed by atoms with van der Waals surface area (Å²) in [6.07, 6.45) is -4.58. The number of alkyl halides is 3. The minimum Gasteiger partial charge on any atom is -0.497 e. The molecule has 2 amide bonds. The molecule has 0 fully saturated rings. The fourth-order valence-corrected chi connectivity index (χ4v) is 2.25. The van der Waals surface area contributed by atoms with Crippen LogP contribution in [0.4, 0.5) is 29.3 Å². The average molecular weight is 367 g/mol. The van der Waals surface area contributed by atoms with Crippen molar-refractivity contribution in [2.75, 3.05) is 31.4 Å². The van der Waals surface area contributed by atoms with Gasteiger partial charge in [0.2, 0.25) is 0 Å². The van der Waals surface area contributed by atoms with Gasteiger partial charge >= 0.3 is 12.2 Å². The summed E-state index contributed by atoms with van der Waals surface area (Å²) in [5.74, 6) is 0.675. The van der Waals surface area contributed by atoms with Crippen molar-refractivity contribution < 1.29 is 22.7 Å². The SMILES string of the molecule is COc1ccc(CNC(=O)Nc2ccc(N(C)C)cc2C(F)(F)F)cc1. The number of nitrogens with zero attached hydrogens (tertiary/aromatic N) is 1. The number of carbonyl (C=O) groups is 1. The summed E-state index contributed by atoms with van der Waals surface area (Å²) in [6.45, 7) is 0.174. The summed E-state index contributed by atoms with van der Waals surface area (Å²) in [5.41, 5.74) is -0.0138. The highest BCUT2D eigenvalue weighted by Crippen LogP contribution is 2.37. The summed E-state index contributed by atoms with van der Waals surface area (Å²) in [7, 11) is 4.83. The molecule has 2 rings (SSSR count). The van der Waals surface area contributed by atoms with Gasteiger partial charge in [0.15, 0.2) is 0 Å². The van der Waals surface area contributed by atoms with Gasteiger partial charge in [-0.3, -0.25) is 0 Å². The van der Waals surface area contributed by atoms with E-state index in [1.807, 2.05) is 0 Å². The lowest BCUT2D eigenvalue weighted by molar-refractivity contribution is -0.136. The largest absolute Gasteiger partial charge is 0.497 e. The van der Waals surface area contributed by atoms with E-state index < -0.39 is 17.8 Å². The number of anilines is 2. The zero-order chi connectivity index (χ0) is 19.3. The number of nitrogens with one attached hydrogen (secondary N) is 2. The van der Waals surface area contributed by atoms with E-state index in [2.05, 4.69) is 10.6 Å². The molecule has 0 unspecified atom stereocenters. The van der Waals surface area contributed by atoms with Crippen LogP contribution in [-0.4, -0.2) is 27.2 Å². The van der Waals surface area contributed by atoms with Gasteiger partial charge in [-0.15, -0.1) is 0 Å². The second-order valence-corrected chi connectivity index (χ2v) is 5.78. The first-order chi connectivity index (χ1) is 12.2. The molecule has 0 saturated carbocycles. The highest BCUT2D eigenvalue weighted by Gasteiger charge is 2.34. The van der Waals surface area contributed by atoms with Gasteiger partial charge in [-0.25, -0.2) is 4.79 Å². The summed E-state index contributed by atoms with van der Waals surface area (Å²) in [5, 5.41) is 4.80. The predicted molar refractivity (Wildman–Crippen MR) is 94.6 cm³/mol. The number of ether oxygens (including phenoxy) is 1. The summed E-state index contributed by atoms with van der Waals surface area (Å²) < 4.78 is 44.8. The lowest BCUT2D eigenvalue weighted by Crippen LogP contribution is -2.29.